The maximum atomic E-state index is 11.5. The van der Waals surface area contributed by atoms with E-state index < -0.39 is 15.8 Å². The Kier molecular flexibility index (Phi) is 3.35. The molecule has 0 amide bonds. The topological polar surface area (TPSA) is 84.3 Å². The quantitative estimate of drug-likeness (QED) is 0.925. The van der Waals surface area contributed by atoms with Crippen LogP contribution in [0.2, 0.25) is 0 Å². The van der Waals surface area contributed by atoms with Gasteiger partial charge >= 0.3 is 5.97 Å². The Morgan fingerprint density at radius 1 is 1.21 bits per heavy atom. The van der Waals surface area contributed by atoms with Gasteiger partial charge in [-0.1, -0.05) is 12.1 Å². The summed E-state index contributed by atoms with van der Waals surface area (Å²) in [5.41, 5.74) is 0.745. The molecule has 0 unspecified atom stereocenters. The lowest BCUT2D eigenvalue weighted by molar-refractivity contribution is 0.0697. The highest BCUT2D eigenvalue weighted by molar-refractivity contribution is 7.90. The highest BCUT2D eigenvalue weighted by Crippen LogP contribution is 2.23. The lowest BCUT2D eigenvalue weighted by Crippen LogP contribution is -2.02. The number of benzene rings is 1. The van der Waals surface area contributed by atoms with E-state index in [0.29, 0.717) is 5.56 Å². The van der Waals surface area contributed by atoms with Crippen molar-refractivity contribution in [3.8, 4) is 11.3 Å². The fourth-order valence-corrected chi connectivity index (χ4v) is 2.35. The van der Waals surface area contributed by atoms with Crippen molar-refractivity contribution in [3.05, 3.63) is 48.2 Å². The Morgan fingerprint density at radius 2 is 1.95 bits per heavy atom. The fraction of sp³-hybridized carbons (Fsp3) is 0.0769. The first kappa shape index (κ1) is 13.2. The summed E-state index contributed by atoms with van der Waals surface area (Å²) in [5.74, 6) is -1.10. The number of aromatic nitrogens is 1. The first-order valence-corrected chi connectivity index (χ1v) is 7.27. The van der Waals surface area contributed by atoms with E-state index in [-0.39, 0.29) is 16.2 Å². The third kappa shape index (κ3) is 2.79. The largest absolute Gasteiger partial charge is 0.478 e. The van der Waals surface area contributed by atoms with Crippen LogP contribution in [0.4, 0.5) is 0 Å². The van der Waals surface area contributed by atoms with Gasteiger partial charge in [-0.05, 0) is 24.3 Å². The molecule has 0 radical (unpaired) electrons. The number of sulfone groups is 1. The number of nitrogens with zero attached hydrogens (tertiary/aromatic N) is 1. The zero-order valence-corrected chi connectivity index (χ0v) is 10.9. The maximum Gasteiger partial charge on any atom is 0.337 e. The van der Waals surface area contributed by atoms with Crippen LogP contribution in [0, 0.1) is 0 Å². The molecule has 0 saturated heterocycles. The summed E-state index contributed by atoms with van der Waals surface area (Å²) in [7, 11) is -3.34. The van der Waals surface area contributed by atoms with E-state index in [2.05, 4.69) is 4.98 Å². The van der Waals surface area contributed by atoms with Crippen LogP contribution in [-0.4, -0.2) is 30.7 Å². The zero-order valence-electron chi connectivity index (χ0n) is 10.1. The van der Waals surface area contributed by atoms with E-state index in [4.69, 9.17) is 5.11 Å². The molecule has 0 fully saturated rings. The lowest BCUT2D eigenvalue weighted by Gasteiger charge is -2.06. The first-order chi connectivity index (χ1) is 8.89. The van der Waals surface area contributed by atoms with E-state index in [1.165, 1.54) is 30.5 Å². The molecule has 0 aliphatic heterocycles. The molecule has 0 spiro atoms. The average Bonchev–Trinajstić information content (AvgIpc) is 2.38. The number of aromatic carboxylic acids is 1. The van der Waals surface area contributed by atoms with Crippen LogP contribution in [0.15, 0.2) is 47.5 Å². The van der Waals surface area contributed by atoms with E-state index in [1.807, 2.05) is 0 Å². The van der Waals surface area contributed by atoms with Crippen LogP contribution < -0.4 is 0 Å². The molecule has 0 aliphatic rings. The molecule has 1 aromatic carbocycles. The predicted molar refractivity (Wildman–Crippen MR) is 69.7 cm³/mol. The summed E-state index contributed by atoms with van der Waals surface area (Å²) >= 11 is 0. The zero-order chi connectivity index (χ0) is 14.0. The Balaban J connectivity index is 2.64. The minimum atomic E-state index is -3.34. The Labute approximate surface area is 110 Å². The molecule has 0 bridgehead atoms. The summed E-state index contributed by atoms with van der Waals surface area (Å²) in [6, 6.07) is 9.02. The molecule has 5 nitrogen and oxygen atoms in total. The maximum absolute atomic E-state index is 11.5. The molecule has 2 aromatic rings. The summed E-state index contributed by atoms with van der Waals surface area (Å²) in [6.45, 7) is 0. The number of hydrogen-bond acceptors (Lipinski definition) is 4. The van der Waals surface area contributed by atoms with Crippen molar-refractivity contribution in [1.29, 1.82) is 0 Å². The Hall–Kier alpha value is -2.21. The van der Waals surface area contributed by atoms with Crippen molar-refractivity contribution in [2.45, 2.75) is 4.90 Å². The summed E-state index contributed by atoms with van der Waals surface area (Å²) in [6.07, 6.45) is 2.57. The van der Waals surface area contributed by atoms with Gasteiger partial charge < -0.3 is 5.11 Å². The number of carboxylic acids is 1. The van der Waals surface area contributed by atoms with Crippen LogP contribution >= 0.6 is 0 Å². The monoisotopic (exact) mass is 277 g/mol. The number of rotatable bonds is 3. The molecule has 98 valence electrons. The van der Waals surface area contributed by atoms with Crippen LogP contribution in [0.1, 0.15) is 10.4 Å². The highest BCUT2D eigenvalue weighted by atomic mass is 32.2. The number of pyridine rings is 1. The van der Waals surface area contributed by atoms with E-state index >= 15 is 0 Å². The fourth-order valence-electron chi connectivity index (χ4n) is 1.68. The van der Waals surface area contributed by atoms with Gasteiger partial charge in [0.05, 0.1) is 16.2 Å². The third-order valence-corrected chi connectivity index (χ3v) is 3.68. The van der Waals surface area contributed by atoms with Crippen LogP contribution in [0.5, 0.6) is 0 Å². The number of hydrogen-bond donors (Lipinski definition) is 1. The second-order valence-electron chi connectivity index (χ2n) is 4.00. The van der Waals surface area contributed by atoms with Gasteiger partial charge in [-0.3, -0.25) is 4.98 Å². The molecule has 0 aliphatic carbocycles. The molecular weight excluding hydrogens is 266 g/mol. The van der Waals surface area contributed by atoms with Crippen LogP contribution in [0.25, 0.3) is 11.3 Å². The SMILES string of the molecule is CS(=O)(=O)c1cccc(-c2ncccc2C(=O)O)c1. The summed E-state index contributed by atoms with van der Waals surface area (Å²) in [5, 5.41) is 9.10. The Morgan fingerprint density at radius 3 is 2.58 bits per heavy atom. The van der Waals surface area contributed by atoms with Crippen molar-refractivity contribution in [2.24, 2.45) is 0 Å². The first-order valence-electron chi connectivity index (χ1n) is 5.38. The van der Waals surface area contributed by atoms with Crippen LogP contribution in [-0.2, 0) is 9.84 Å². The summed E-state index contributed by atoms with van der Waals surface area (Å²) < 4.78 is 23.0. The van der Waals surface area contributed by atoms with Gasteiger partial charge in [-0.2, -0.15) is 0 Å². The third-order valence-electron chi connectivity index (χ3n) is 2.57. The van der Waals surface area contributed by atoms with Gasteiger partial charge in [0, 0.05) is 18.0 Å². The van der Waals surface area contributed by atoms with Gasteiger partial charge in [0.2, 0.25) is 0 Å². The smallest absolute Gasteiger partial charge is 0.337 e. The minimum absolute atomic E-state index is 0.0353. The van der Waals surface area contributed by atoms with Gasteiger partial charge in [-0.25, -0.2) is 13.2 Å². The minimum Gasteiger partial charge on any atom is -0.478 e. The van der Waals surface area contributed by atoms with Gasteiger partial charge in [0.1, 0.15) is 0 Å². The van der Waals surface area contributed by atoms with Crippen molar-refractivity contribution < 1.29 is 18.3 Å². The molecule has 0 saturated carbocycles. The van der Waals surface area contributed by atoms with Gasteiger partial charge in [0.15, 0.2) is 9.84 Å². The van der Waals surface area contributed by atoms with Crippen molar-refractivity contribution in [1.82, 2.24) is 4.98 Å². The molecule has 6 heteroatoms. The predicted octanol–water partition coefficient (Wildman–Crippen LogP) is 1.85. The van der Waals surface area contributed by atoms with E-state index in [0.717, 1.165) is 6.26 Å². The second-order valence-corrected chi connectivity index (χ2v) is 6.02. The second kappa shape index (κ2) is 4.81. The van der Waals surface area contributed by atoms with Crippen molar-refractivity contribution in [3.63, 3.8) is 0 Å². The van der Waals surface area contributed by atoms with Gasteiger partial charge in [-0.15, -0.1) is 0 Å². The average molecular weight is 277 g/mol. The standard InChI is InChI=1S/C13H11NO4S/c1-19(17,18)10-5-2-4-9(8-10)12-11(13(15)16)6-3-7-14-12/h2-8H,1H3,(H,15,16). The molecule has 19 heavy (non-hydrogen) atoms. The number of carbonyl (C=O) groups is 1. The molecule has 1 aromatic heterocycles. The van der Waals surface area contributed by atoms with Crippen molar-refractivity contribution in [2.75, 3.05) is 6.26 Å². The van der Waals surface area contributed by atoms with E-state index in [1.54, 1.807) is 12.1 Å². The van der Waals surface area contributed by atoms with Gasteiger partial charge in [0.25, 0.3) is 0 Å². The number of carboxylic acid groups (broad SMARTS) is 1. The molecule has 1 N–H and O–H groups in total. The molecule has 2 rings (SSSR count). The van der Waals surface area contributed by atoms with Crippen LogP contribution in [0.3, 0.4) is 0 Å². The van der Waals surface area contributed by atoms with E-state index in [9.17, 15) is 13.2 Å². The normalized spacial score (nSPS) is 11.2. The Bertz CT molecular complexity index is 738. The highest BCUT2D eigenvalue weighted by Gasteiger charge is 2.14. The molecule has 1 heterocycles. The van der Waals surface area contributed by atoms with Crippen molar-refractivity contribution >= 4 is 15.8 Å². The summed E-state index contributed by atoms with van der Waals surface area (Å²) in [4.78, 5) is 15.3. The molecular formula is C13H11NO4S. The lowest BCUT2D eigenvalue weighted by atomic mass is 10.1. The molecule has 0 atom stereocenters.